The number of carbonyl (C=O) groups excluding carboxylic acids is 1. The fraction of sp³-hybridized carbons (Fsp3) is 0.667. The third kappa shape index (κ3) is 3.00. The SMILES string of the molecule is CC1=C(C)C(OC(C)(C)[Si](C)(C)C)=C(C)C(S)C1=O. The van der Waals surface area contributed by atoms with Crippen LogP contribution in [0.15, 0.2) is 22.5 Å². The van der Waals surface area contributed by atoms with Crippen LogP contribution in [0.5, 0.6) is 0 Å². The zero-order valence-electron chi connectivity index (χ0n) is 13.3. The standard InChI is InChI=1S/C15H26O2SSi/c1-9-10(2)13(11(3)14(18)12(9)16)17-15(4,5)19(6,7)8/h14,18H,1-8H3. The molecule has 0 saturated carbocycles. The van der Waals surface area contributed by atoms with Crippen LogP contribution in [0.2, 0.25) is 19.6 Å². The molecule has 19 heavy (non-hydrogen) atoms. The molecule has 0 fully saturated rings. The number of rotatable bonds is 3. The summed E-state index contributed by atoms with van der Waals surface area (Å²) in [4.78, 5) is 12.0. The molecule has 1 atom stereocenters. The summed E-state index contributed by atoms with van der Waals surface area (Å²) in [6.07, 6.45) is 0. The predicted octanol–water partition coefficient (Wildman–Crippen LogP) is 4.15. The molecule has 0 aromatic heterocycles. The lowest BCUT2D eigenvalue weighted by Crippen LogP contribution is -2.49. The van der Waals surface area contributed by atoms with E-state index in [9.17, 15) is 4.79 Å². The third-order valence-electron chi connectivity index (χ3n) is 4.45. The number of ether oxygens (including phenoxy) is 1. The minimum Gasteiger partial charge on any atom is -0.491 e. The van der Waals surface area contributed by atoms with Crippen LogP contribution in [-0.2, 0) is 9.53 Å². The maximum atomic E-state index is 12.0. The Balaban J connectivity index is 3.24. The highest BCUT2D eigenvalue weighted by Crippen LogP contribution is 2.36. The molecule has 0 radical (unpaired) electrons. The molecule has 0 amide bonds. The number of carbonyl (C=O) groups is 1. The third-order valence-corrected chi connectivity index (χ3v) is 8.79. The van der Waals surface area contributed by atoms with Crippen LogP contribution >= 0.6 is 12.6 Å². The van der Waals surface area contributed by atoms with E-state index in [4.69, 9.17) is 4.74 Å². The molecule has 0 N–H and O–H groups in total. The molecule has 0 spiro atoms. The summed E-state index contributed by atoms with van der Waals surface area (Å²) in [5, 5.41) is -0.546. The summed E-state index contributed by atoms with van der Waals surface area (Å²) >= 11 is 4.42. The molecular formula is C15H26O2SSi. The number of hydrogen-bond acceptors (Lipinski definition) is 3. The molecule has 0 aliphatic heterocycles. The van der Waals surface area contributed by atoms with E-state index >= 15 is 0 Å². The normalized spacial score (nSPS) is 22.2. The van der Waals surface area contributed by atoms with Crippen LogP contribution in [0, 0.1) is 0 Å². The van der Waals surface area contributed by atoms with Crippen molar-refractivity contribution in [1.82, 2.24) is 0 Å². The zero-order valence-corrected chi connectivity index (χ0v) is 15.2. The van der Waals surface area contributed by atoms with Gasteiger partial charge in [-0.15, -0.1) is 0 Å². The number of Topliss-reactive ketones (excluding diaryl/α,β-unsaturated/α-hetero) is 1. The van der Waals surface area contributed by atoms with Gasteiger partial charge in [0.25, 0.3) is 0 Å². The molecule has 0 bridgehead atoms. The van der Waals surface area contributed by atoms with Gasteiger partial charge in [0.15, 0.2) is 5.78 Å². The fourth-order valence-corrected chi connectivity index (χ4v) is 2.46. The van der Waals surface area contributed by atoms with Crippen LogP contribution in [0.1, 0.15) is 34.6 Å². The summed E-state index contributed by atoms with van der Waals surface area (Å²) in [5.41, 5.74) is 2.66. The van der Waals surface area contributed by atoms with Crippen LogP contribution in [-0.4, -0.2) is 24.3 Å². The first-order valence-corrected chi connectivity index (χ1v) is 10.7. The van der Waals surface area contributed by atoms with E-state index in [1.807, 2.05) is 20.8 Å². The van der Waals surface area contributed by atoms with Gasteiger partial charge in [-0.3, -0.25) is 4.79 Å². The van der Waals surface area contributed by atoms with Crippen molar-refractivity contribution < 1.29 is 9.53 Å². The molecule has 2 nitrogen and oxygen atoms in total. The van der Waals surface area contributed by atoms with Gasteiger partial charge in [0.1, 0.15) is 5.76 Å². The predicted molar refractivity (Wildman–Crippen MR) is 87.4 cm³/mol. The molecule has 1 aliphatic carbocycles. The van der Waals surface area contributed by atoms with E-state index in [-0.39, 0.29) is 16.3 Å². The van der Waals surface area contributed by atoms with Gasteiger partial charge in [-0.2, -0.15) is 12.6 Å². The Morgan fingerprint density at radius 2 is 1.58 bits per heavy atom. The van der Waals surface area contributed by atoms with Gasteiger partial charge in [0.05, 0.1) is 18.5 Å². The second-order valence-electron chi connectivity index (χ2n) is 6.89. The molecule has 1 rings (SSSR count). The number of hydrogen-bond donors (Lipinski definition) is 1. The van der Waals surface area contributed by atoms with Gasteiger partial charge in [0.2, 0.25) is 0 Å². The van der Waals surface area contributed by atoms with Crippen molar-refractivity contribution in [1.29, 1.82) is 0 Å². The lowest BCUT2D eigenvalue weighted by Gasteiger charge is -2.40. The molecule has 0 saturated heterocycles. The van der Waals surface area contributed by atoms with Crippen molar-refractivity contribution in [3.05, 3.63) is 22.5 Å². The Morgan fingerprint density at radius 3 is 2.00 bits per heavy atom. The summed E-state index contributed by atoms with van der Waals surface area (Å²) < 4.78 is 6.34. The van der Waals surface area contributed by atoms with E-state index in [0.29, 0.717) is 0 Å². The fourth-order valence-electron chi connectivity index (χ4n) is 1.74. The lowest BCUT2D eigenvalue weighted by molar-refractivity contribution is -0.114. The molecule has 1 aliphatic rings. The average molecular weight is 299 g/mol. The zero-order chi connectivity index (χ0) is 15.2. The Labute approximate surface area is 123 Å². The minimum atomic E-state index is -1.48. The van der Waals surface area contributed by atoms with Gasteiger partial charge in [0, 0.05) is 5.57 Å². The van der Waals surface area contributed by atoms with Crippen molar-refractivity contribution in [3.63, 3.8) is 0 Å². The van der Waals surface area contributed by atoms with Crippen LogP contribution in [0.3, 0.4) is 0 Å². The van der Waals surface area contributed by atoms with Crippen molar-refractivity contribution in [2.45, 2.75) is 64.7 Å². The van der Waals surface area contributed by atoms with Gasteiger partial charge in [-0.1, -0.05) is 19.6 Å². The van der Waals surface area contributed by atoms with Crippen molar-refractivity contribution in [2.75, 3.05) is 0 Å². The summed E-state index contributed by atoms with van der Waals surface area (Å²) in [6, 6.07) is 0. The monoisotopic (exact) mass is 298 g/mol. The average Bonchev–Trinajstić information content (AvgIpc) is 2.28. The Hall–Kier alpha value is -0.483. The molecule has 4 heteroatoms. The van der Waals surface area contributed by atoms with Crippen LogP contribution in [0.25, 0.3) is 0 Å². The Kier molecular flexibility index (Phi) is 4.48. The quantitative estimate of drug-likeness (QED) is 0.626. The van der Waals surface area contributed by atoms with Gasteiger partial charge < -0.3 is 4.74 Å². The summed E-state index contributed by atoms with van der Waals surface area (Å²) in [7, 11) is -1.48. The first-order valence-electron chi connectivity index (χ1n) is 6.70. The minimum absolute atomic E-state index is 0.0940. The Morgan fingerprint density at radius 1 is 1.11 bits per heavy atom. The number of allylic oxidation sites excluding steroid dienone is 2. The smallest absolute Gasteiger partial charge is 0.175 e. The highest BCUT2D eigenvalue weighted by molar-refractivity contribution is 7.82. The number of ketones is 1. The van der Waals surface area contributed by atoms with E-state index in [0.717, 1.165) is 22.5 Å². The van der Waals surface area contributed by atoms with Crippen molar-refractivity contribution in [2.24, 2.45) is 0 Å². The van der Waals surface area contributed by atoms with Crippen LogP contribution in [0.4, 0.5) is 0 Å². The topological polar surface area (TPSA) is 26.3 Å². The highest BCUT2D eigenvalue weighted by Gasteiger charge is 2.39. The first kappa shape index (κ1) is 16.6. The highest BCUT2D eigenvalue weighted by atomic mass is 32.1. The summed E-state index contributed by atoms with van der Waals surface area (Å²) in [5.74, 6) is 0.959. The van der Waals surface area contributed by atoms with E-state index in [1.165, 1.54) is 0 Å². The first-order chi connectivity index (χ1) is 8.40. The molecular weight excluding hydrogens is 272 g/mol. The molecule has 1 unspecified atom stereocenters. The van der Waals surface area contributed by atoms with Gasteiger partial charge >= 0.3 is 0 Å². The summed E-state index contributed by atoms with van der Waals surface area (Å²) in [6.45, 7) is 16.9. The second-order valence-corrected chi connectivity index (χ2v) is 13.1. The maximum absolute atomic E-state index is 12.0. The lowest BCUT2D eigenvalue weighted by atomic mass is 9.91. The molecule has 0 heterocycles. The van der Waals surface area contributed by atoms with Gasteiger partial charge in [-0.05, 0) is 45.8 Å². The largest absolute Gasteiger partial charge is 0.491 e. The van der Waals surface area contributed by atoms with E-state index in [1.54, 1.807) is 0 Å². The molecule has 0 aromatic rings. The maximum Gasteiger partial charge on any atom is 0.175 e. The van der Waals surface area contributed by atoms with Gasteiger partial charge in [-0.25, -0.2) is 0 Å². The van der Waals surface area contributed by atoms with E-state index < -0.39 is 8.07 Å². The Bertz CT molecular complexity index is 467. The molecule has 0 aromatic carbocycles. The van der Waals surface area contributed by atoms with Crippen molar-refractivity contribution in [3.8, 4) is 0 Å². The second kappa shape index (κ2) is 5.13. The van der Waals surface area contributed by atoms with E-state index in [2.05, 4.69) is 46.1 Å². The van der Waals surface area contributed by atoms with Crippen molar-refractivity contribution >= 4 is 26.5 Å². The van der Waals surface area contributed by atoms with Crippen LogP contribution < -0.4 is 0 Å². The number of thiol groups is 1. The molecule has 108 valence electrons.